The van der Waals surface area contributed by atoms with E-state index in [1.165, 1.54) is 0 Å². The number of H-pyrrole nitrogens is 2. The van der Waals surface area contributed by atoms with E-state index in [9.17, 15) is 4.79 Å². The second-order valence-electron chi connectivity index (χ2n) is 4.27. The Balaban J connectivity index is 1.99. The summed E-state index contributed by atoms with van der Waals surface area (Å²) in [5.41, 5.74) is 1.61. The van der Waals surface area contributed by atoms with Gasteiger partial charge in [0.2, 0.25) is 5.88 Å². The van der Waals surface area contributed by atoms with Crippen LogP contribution in [0.1, 0.15) is 23.7 Å². The van der Waals surface area contributed by atoms with Gasteiger partial charge in [-0.15, -0.1) is 0 Å². The van der Waals surface area contributed by atoms with E-state index in [0.717, 1.165) is 12.0 Å². The zero-order chi connectivity index (χ0) is 12.5. The first-order chi connectivity index (χ1) is 8.74. The summed E-state index contributed by atoms with van der Waals surface area (Å²) in [6.07, 6.45) is 1.47. The van der Waals surface area contributed by atoms with Crippen LogP contribution in [0, 0.1) is 4.77 Å². The molecule has 0 radical (unpaired) electrons. The van der Waals surface area contributed by atoms with Gasteiger partial charge >= 0.3 is 0 Å². The maximum absolute atomic E-state index is 11.7. The van der Waals surface area contributed by atoms with Crippen LogP contribution in [0.5, 0.6) is 5.88 Å². The number of rotatable bonds is 1. The van der Waals surface area contributed by atoms with Gasteiger partial charge in [0, 0.05) is 0 Å². The van der Waals surface area contributed by atoms with E-state index in [4.69, 9.17) is 17.0 Å². The van der Waals surface area contributed by atoms with Gasteiger partial charge in [0.25, 0.3) is 5.56 Å². The number of fused-ring (bicyclic) bond motifs is 1. The van der Waals surface area contributed by atoms with Crippen LogP contribution in [0.25, 0.3) is 0 Å². The molecular weight excluding hydrogens is 248 g/mol. The Morgan fingerprint density at radius 1 is 1.22 bits per heavy atom. The van der Waals surface area contributed by atoms with Crippen LogP contribution >= 0.6 is 12.2 Å². The maximum atomic E-state index is 11.7. The molecule has 1 aliphatic rings. The van der Waals surface area contributed by atoms with Crippen molar-refractivity contribution in [2.45, 2.75) is 18.9 Å². The first-order valence-electron chi connectivity index (χ1n) is 5.81. The average molecular weight is 260 g/mol. The summed E-state index contributed by atoms with van der Waals surface area (Å²) in [5.74, 6) is 0.504. The van der Waals surface area contributed by atoms with Crippen molar-refractivity contribution in [3.8, 4) is 5.88 Å². The number of aromatic amines is 2. The minimum absolute atomic E-state index is 0.0221. The van der Waals surface area contributed by atoms with Crippen molar-refractivity contribution in [1.82, 2.24) is 9.97 Å². The third kappa shape index (κ3) is 1.97. The highest BCUT2D eigenvalue weighted by Gasteiger charge is 2.23. The van der Waals surface area contributed by atoms with E-state index in [2.05, 4.69) is 9.97 Å². The summed E-state index contributed by atoms with van der Waals surface area (Å²) < 4.78 is 6.14. The Labute approximate surface area is 109 Å². The zero-order valence-electron chi connectivity index (χ0n) is 9.60. The van der Waals surface area contributed by atoms with Crippen LogP contribution in [0.2, 0.25) is 0 Å². The molecule has 1 atom stereocenters. The Bertz CT molecular complexity index is 675. The summed E-state index contributed by atoms with van der Waals surface area (Å²) in [5, 5.41) is 0. The van der Waals surface area contributed by atoms with E-state index < -0.39 is 0 Å². The molecule has 4 nitrogen and oxygen atoms in total. The van der Waals surface area contributed by atoms with E-state index in [-0.39, 0.29) is 11.7 Å². The van der Waals surface area contributed by atoms with Crippen LogP contribution in [0.3, 0.4) is 0 Å². The summed E-state index contributed by atoms with van der Waals surface area (Å²) in [7, 11) is 0. The molecule has 0 saturated carbocycles. The Morgan fingerprint density at radius 2 is 2.00 bits per heavy atom. The van der Waals surface area contributed by atoms with Crippen molar-refractivity contribution >= 4 is 12.2 Å². The summed E-state index contributed by atoms with van der Waals surface area (Å²) in [6.45, 7) is 0. The van der Waals surface area contributed by atoms with Gasteiger partial charge in [-0.3, -0.25) is 9.78 Å². The Morgan fingerprint density at radius 3 is 2.78 bits per heavy atom. The van der Waals surface area contributed by atoms with E-state index in [1.54, 1.807) is 0 Å². The Kier molecular flexibility index (Phi) is 2.76. The number of hydrogen-bond acceptors (Lipinski definition) is 3. The quantitative estimate of drug-likeness (QED) is 0.774. The summed E-state index contributed by atoms with van der Waals surface area (Å²) in [4.78, 5) is 17.2. The normalized spacial score (nSPS) is 17.9. The number of hydrogen-bond donors (Lipinski definition) is 2. The topological polar surface area (TPSA) is 57.9 Å². The predicted octanol–water partition coefficient (Wildman–Crippen LogP) is 2.50. The molecular formula is C13H12N2O2S. The van der Waals surface area contributed by atoms with Crippen molar-refractivity contribution < 1.29 is 4.74 Å². The fraction of sp³-hybridized carbons (Fsp3) is 0.231. The summed E-state index contributed by atoms with van der Waals surface area (Å²) in [6, 6.07) is 9.98. The van der Waals surface area contributed by atoms with Crippen LogP contribution < -0.4 is 10.3 Å². The molecule has 0 amide bonds. The molecule has 2 aromatic rings. The van der Waals surface area contributed by atoms with Crippen molar-refractivity contribution in [1.29, 1.82) is 0 Å². The lowest BCUT2D eigenvalue weighted by molar-refractivity contribution is 0.166. The standard InChI is InChI=1S/C13H12N2O2S/c16-11-9-6-7-10(8-4-2-1-3-5-8)17-12(9)15-13(18)14-11/h1-5,10H,6-7H2,(H2,14,15,16,18). The van der Waals surface area contributed by atoms with Gasteiger partial charge < -0.3 is 9.72 Å². The SMILES string of the molecule is O=c1[nH]c(=S)[nH]c2c1CCC(c1ccccc1)O2. The molecule has 3 rings (SSSR count). The number of benzene rings is 1. The first kappa shape index (κ1) is 11.2. The van der Waals surface area contributed by atoms with Crippen molar-refractivity contribution in [3.05, 3.63) is 56.6 Å². The molecule has 1 aliphatic heterocycles. The number of ether oxygens (including phenoxy) is 1. The minimum atomic E-state index is -0.153. The predicted molar refractivity (Wildman–Crippen MR) is 70.4 cm³/mol. The molecule has 5 heteroatoms. The van der Waals surface area contributed by atoms with Gasteiger partial charge in [0.15, 0.2) is 4.77 Å². The van der Waals surface area contributed by atoms with Crippen molar-refractivity contribution in [3.63, 3.8) is 0 Å². The van der Waals surface area contributed by atoms with E-state index in [1.807, 2.05) is 30.3 Å². The Hall–Kier alpha value is -1.88. The molecule has 0 fully saturated rings. The van der Waals surface area contributed by atoms with Crippen LogP contribution in [0.4, 0.5) is 0 Å². The molecule has 92 valence electrons. The van der Waals surface area contributed by atoms with Crippen molar-refractivity contribution in [2.75, 3.05) is 0 Å². The highest BCUT2D eigenvalue weighted by atomic mass is 32.1. The minimum Gasteiger partial charge on any atom is -0.470 e. The van der Waals surface area contributed by atoms with Crippen LogP contribution in [-0.2, 0) is 6.42 Å². The van der Waals surface area contributed by atoms with E-state index >= 15 is 0 Å². The van der Waals surface area contributed by atoms with E-state index in [0.29, 0.717) is 22.6 Å². The lowest BCUT2D eigenvalue weighted by Gasteiger charge is -2.25. The zero-order valence-corrected chi connectivity index (χ0v) is 10.4. The molecule has 2 heterocycles. The van der Waals surface area contributed by atoms with Crippen LogP contribution in [-0.4, -0.2) is 9.97 Å². The molecule has 0 spiro atoms. The van der Waals surface area contributed by atoms with Gasteiger partial charge in [-0.2, -0.15) is 0 Å². The molecule has 0 aliphatic carbocycles. The van der Waals surface area contributed by atoms with Gasteiger partial charge in [0.1, 0.15) is 6.10 Å². The van der Waals surface area contributed by atoms with Gasteiger partial charge in [0.05, 0.1) is 5.56 Å². The molecule has 1 aromatic heterocycles. The number of aromatic nitrogens is 2. The number of nitrogens with one attached hydrogen (secondary N) is 2. The fourth-order valence-corrected chi connectivity index (χ4v) is 2.38. The summed E-state index contributed by atoms with van der Waals surface area (Å²) >= 11 is 4.95. The second-order valence-corrected chi connectivity index (χ2v) is 4.68. The third-order valence-electron chi connectivity index (χ3n) is 3.09. The van der Waals surface area contributed by atoms with Gasteiger partial charge in [-0.25, -0.2) is 0 Å². The second kappa shape index (κ2) is 4.42. The van der Waals surface area contributed by atoms with Gasteiger partial charge in [-0.05, 0) is 30.6 Å². The third-order valence-corrected chi connectivity index (χ3v) is 3.29. The molecule has 0 saturated heterocycles. The molecule has 1 aromatic carbocycles. The lowest BCUT2D eigenvalue weighted by atomic mass is 10.00. The first-order valence-corrected chi connectivity index (χ1v) is 6.22. The largest absolute Gasteiger partial charge is 0.470 e. The molecule has 18 heavy (non-hydrogen) atoms. The van der Waals surface area contributed by atoms with Crippen LogP contribution in [0.15, 0.2) is 35.1 Å². The monoisotopic (exact) mass is 260 g/mol. The molecule has 2 N–H and O–H groups in total. The highest BCUT2D eigenvalue weighted by Crippen LogP contribution is 2.31. The lowest BCUT2D eigenvalue weighted by Crippen LogP contribution is -2.24. The molecule has 0 bridgehead atoms. The average Bonchev–Trinajstić information content (AvgIpc) is 2.39. The van der Waals surface area contributed by atoms with Gasteiger partial charge in [-0.1, -0.05) is 30.3 Å². The smallest absolute Gasteiger partial charge is 0.258 e. The van der Waals surface area contributed by atoms with Crippen molar-refractivity contribution in [2.24, 2.45) is 0 Å². The maximum Gasteiger partial charge on any atom is 0.258 e. The highest BCUT2D eigenvalue weighted by molar-refractivity contribution is 7.71. The molecule has 1 unspecified atom stereocenters. The fourth-order valence-electron chi connectivity index (χ4n) is 2.20.